The molecular formula is C19H15ClF3N3O2S. The van der Waals surface area contributed by atoms with Crippen LogP contribution in [-0.4, -0.2) is 35.7 Å². The molecule has 10 heteroatoms. The number of fused-ring (bicyclic) bond motifs is 1. The van der Waals surface area contributed by atoms with E-state index in [9.17, 15) is 26.9 Å². The molecule has 152 valence electrons. The lowest BCUT2D eigenvalue weighted by molar-refractivity contribution is -0.106. The zero-order valence-corrected chi connectivity index (χ0v) is 16.7. The van der Waals surface area contributed by atoms with Crippen LogP contribution in [-0.2, 0) is 23.3 Å². The molecule has 1 aromatic carbocycles. The van der Waals surface area contributed by atoms with Crippen LogP contribution in [0.5, 0.6) is 0 Å². The van der Waals surface area contributed by atoms with Crippen LogP contribution in [0.25, 0.3) is 22.2 Å². The van der Waals surface area contributed by atoms with E-state index in [-0.39, 0.29) is 6.42 Å². The van der Waals surface area contributed by atoms with Gasteiger partial charge < -0.3 is 4.57 Å². The standard InChI is InChI=1S/C19H15ClF3N3O2S/c1-26-17-7-14(20)2-3-15(17)16(8-24)18(26)13-6-12(9-25-10-13)4-5-29(27,28)11-19(21,22)23/h2-3,6-7,9-10H,4-5,11H2,1H3. The number of pyridine rings is 1. The minimum atomic E-state index is -4.77. The number of sulfone groups is 1. The average molecular weight is 442 g/mol. The van der Waals surface area contributed by atoms with Crippen molar-refractivity contribution in [2.24, 2.45) is 7.05 Å². The summed E-state index contributed by atoms with van der Waals surface area (Å²) in [6, 6.07) is 8.93. The quantitative estimate of drug-likeness (QED) is 0.592. The Morgan fingerprint density at radius 1 is 1.24 bits per heavy atom. The predicted octanol–water partition coefficient (Wildman–Crippen LogP) is 4.28. The second-order valence-electron chi connectivity index (χ2n) is 6.59. The Bertz CT molecular complexity index is 1230. The van der Waals surface area contributed by atoms with Gasteiger partial charge in [0.25, 0.3) is 0 Å². The van der Waals surface area contributed by atoms with E-state index >= 15 is 0 Å². The number of benzene rings is 1. The highest BCUT2D eigenvalue weighted by Gasteiger charge is 2.34. The summed E-state index contributed by atoms with van der Waals surface area (Å²) in [5, 5.41) is 10.9. The molecule has 0 N–H and O–H groups in total. The van der Waals surface area contributed by atoms with E-state index in [0.29, 0.717) is 32.8 Å². The SMILES string of the molecule is Cn1c(-c2cncc(CCS(=O)(=O)CC(F)(F)F)c2)c(C#N)c2ccc(Cl)cc21. The molecule has 29 heavy (non-hydrogen) atoms. The second kappa shape index (κ2) is 7.69. The van der Waals surface area contributed by atoms with Crippen molar-refractivity contribution in [2.45, 2.75) is 12.6 Å². The molecule has 3 aromatic rings. The van der Waals surface area contributed by atoms with E-state index in [0.717, 1.165) is 5.52 Å². The maximum absolute atomic E-state index is 12.4. The van der Waals surface area contributed by atoms with Crippen molar-refractivity contribution in [1.29, 1.82) is 5.26 Å². The Kier molecular flexibility index (Phi) is 5.61. The summed E-state index contributed by atoms with van der Waals surface area (Å²) >= 11 is 6.05. The minimum absolute atomic E-state index is 0.114. The minimum Gasteiger partial charge on any atom is -0.342 e. The largest absolute Gasteiger partial charge is 0.402 e. The van der Waals surface area contributed by atoms with Crippen molar-refractivity contribution in [3.8, 4) is 17.3 Å². The zero-order chi connectivity index (χ0) is 21.4. The summed E-state index contributed by atoms with van der Waals surface area (Å²) in [5.41, 5.74) is 2.73. The summed E-state index contributed by atoms with van der Waals surface area (Å²) in [6.45, 7) is 0. The summed E-state index contributed by atoms with van der Waals surface area (Å²) in [7, 11) is -2.53. The number of nitriles is 1. The van der Waals surface area contributed by atoms with Gasteiger partial charge in [-0.05, 0) is 36.2 Å². The van der Waals surface area contributed by atoms with Gasteiger partial charge in [-0.3, -0.25) is 4.98 Å². The van der Waals surface area contributed by atoms with Gasteiger partial charge in [0, 0.05) is 35.4 Å². The molecule has 0 fully saturated rings. The van der Waals surface area contributed by atoms with Gasteiger partial charge in [-0.25, -0.2) is 8.42 Å². The molecule has 3 rings (SSSR count). The fraction of sp³-hybridized carbons (Fsp3) is 0.263. The topological polar surface area (TPSA) is 75.8 Å². The number of hydrogen-bond donors (Lipinski definition) is 0. The van der Waals surface area contributed by atoms with Gasteiger partial charge in [-0.2, -0.15) is 18.4 Å². The molecule has 0 aliphatic carbocycles. The van der Waals surface area contributed by atoms with Crippen LogP contribution in [0.15, 0.2) is 36.7 Å². The van der Waals surface area contributed by atoms with E-state index < -0.39 is 27.5 Å². The smallest absolute Gasteiger partial charge is 0.342 e. The monoisotopic (exact) mass is 441 g/mol. The maximum atomic E-state index is 12.4. The molecule has 5 nitrogen and oxygen atoms in total. The highest BCUT2D eigenvalue weighted by atomic mass is 35.5. The highest BCUT2D eigenvalue weighted by Crippen LogP contribution is 2.34. The molecule has 2 aromatic heterocycles. The first-order valence-corrected chi connectivity index (χ1v) is 10.6. The number of alkyl halides is 3. The third kappa shape index (κ3) is 4.71. The van der Waals surface area contributed by atoms with Crippen molar-refractivity contribution < 1.29 is 21.6 Å². The van der Waals surface area contributed by atoms with Crippen LogP contribution >= 0.6 is 11.6 Å². The lowest BCUT2D eigenvalue weighted by Gasteiger charge is -2.09. The van der Waals surface area contributed by atoms with Crippen molar-refractivity contribution in [2.75, 3.05) is 11.5 Å². The van der Waals surface area contributed by atoms with Crippen LogP contribution in [0.2, 0.25) is 5.02 Å². The normalized spacial score (nSPS) is 12.3. The van der Waals surface area contributed by atoms with Gasteiger partial charge in [0.1, 0.15) is 11.8 Å². The summed E-state index contributed by atoms with van der Waals surface area (Å²) in [6.07, 6.45) is -1.97. The maximum Gasteiger partial charge on any atom is 0.402 e. The summed E-state index contributed by atoms with van der Waals surface area (Å²) < 4.78 is 62.3. The number of aromatic nitrogens is 2. The number of rotatable bonds is 5. The molecule has 0 saturated heterocycles. The van der Waals surface area contributed by atoms with Crippen LogP contribution < -0.4 is 0 Å². The molecule has 0 atom stereocenters. The number of aryl methyl sites for hydroxylation is 2. The van der Waals surface area contributed by atoms with Crippen LogP contribution in [0.3, 0.4) is 0 Å². The first-order chi connectivity index (χ1) is 13.5. The zero-order valence-electron chi connectivity index (χ0n) is 15.2. The number of nitrogens with zero attached hydrogens (tertiary/aromatic N) is 3. The second-order valence-corrected chi connectivity index (χ2v) is 9.22. The molecule has 0 amide bonds. The van der Waals surface area contributed by atoms with Crippen LogP contribution in [0.1, 0.15) is 11.1 Å². The Morgan fingerprint density at radius 3 is 2.62 bits per heavy atom. The molecule has 2 heterocycles. The van der Waals surface area contributed by atoms with E-state index in [1.165, 1.54) is 12.4 Å². The Balaban J connectivity index is 1.97. The van der Waals surface area contributed by atoms with Gasteiger partial charge in [0.2, 0.25) is 0 Å². The predicted molar refractivity (Wildman–Crippen MR) is 104 cm³/mol. The highest BCUT2D eigenvalue weighted by molar-refractivity contribution is 7.91. The van der Waals surface area contributed by atoms with Gasteiger partial charge in [0.05, 0.1) is 22.5 Å². The molecular weight excluding hydrogens is 427 g/mol. The third-order valence-electron chi connectivity index (χ3n) is 4.43. The molecule has 0 unspecified atom stereocenters. The van der Waals surface area contributed by atoms with Gasteiger partial charge in [-0.1, -0.05) is 11.6 Å². The first-order valence-electron chi connectivity index (χ1n) is 8.40. The first kappa shape index (κ1) is 21.1. The van der Waals surface area contributed by atoms with Crippen molar-refractivity contribution in [1.82, 2.24) is 9.55 Å². The van der Waals surface area contributed by atoms with E-state index in [1.807, 2.05) is 0 Å². The fourth-order valence-electron chi connectivity index (χ4n) is 3.21. The fourth-order valence-corrected chi connectivity index (χ4v) is 4.57. The molecule has 0 bridgehead atoms. The molecule has 0 aliphatic heterocycles. The lowest BCUT2D eigenvalue weighted by Crippen LogP contribution is -2.25. The van der Waals surface area contributed by atoms with Crippen LogP contribution in [0, 0.1) is 11.3 Å². The number of hydrogen-bond acceptors (Lipinski definition) is 4. The third-order valence-corrected chi connectivity index (χ3v) is 6.26. The molecule has 0 saturated carbocycles. The average Bonchev–Trinajstić information content (AvgIpc) is 2.90. The van der Waals surface area contributed by atoms with Crippen molar-refractivity contribution in [3.63, 3.8) is 0 Å². The van der Waals surface area contributed by atoms with E-state index in [2.05, 4.69) is 11.1 Å². The van der Waals surface area contributed by atoms with Gasteiger partial charge in [0.15, 0.2) is 9.84 Å². The van der Waals surface area contributed by atoms with Crippen LogP contribution in [0.4, 0.5) is 13.2 Å². The van der Waals surface area contributed by atoms with E-state index in [1.54, 1.807) is 35.9 Å². The lowest BCUT2D eigenvalue weighted by atomic mass is 10.1. The Hall–Kier alpha value is -2.57. The molecule has 0 spiro atoms. The summed E-state index contributed by atoms with van der Waals surface area (Å²) in [5.74, 6) is -2.50. The summed E-state index contributed by atoms with van der Waals surface area (Å²) in [4.78, 5) is 4.07. The molecule has 0 radical (unpaired) electrons. The Labute approximate surface area is 170 Å². The van der Waals surface area contributed by atoms with Gasteiger partial charge >= 0.3 is 6.18 Å². The molecule has 0 aliphatic rings. The van der Waals surface area contributed by atoms with E-state index in [4.69, 9.17) is 11.6 Å². The number of halogens is 4. The van der Waals surface area contributed by atoms with Gasteiger partial charge in [-0.15, -0.1) is 0 Å². The Morgan fingerprint density at radius 2 is 1.97 bits per heavy atom. The van der Waals surface area contributed by atoms with Crippen molar-refractivity contribution >= 4 is 32.3 Å². The van der Waals surface area contributed by atoms with Crippen molar-refractivity contribution in [3.05, 3.63) is 52.8 Å².